The van der Waals surface area contributed by atoms with Crippen LogP contribution in [0.4, 0.5) is 0 Å². The topological polar surface area (TPSA) is 89.1 Å². The van der Waals surface area contributed by atoms with Crippen molar-refractivity contribution in [2.75, 3.05) is 0 Å². The Labute approximate surface area is 126 Å². The SMILES string of the molecule is CCc1ccc(-c2nc(-c3ccc(C(=O)O)cc3)no2)cn1. The summed E-state index contributed by atoms with van der Waals surface area (Å²) in [6.45, 7) is 2.04. The third kappa shape index (κ3) is 2.71. The summed E-state index contributed by atoms with van der Waals surface area (Å²) in [6, 6.07) is 10.1. The van der Waals surface area contributed by atoms with Crippen LogP contribution in [0.1, 0.15) is 23.0 Å². The molecule has 6 heteroatoms. The first-order chi connectivity index (χ1) is 10.7. The number of carboxylic acid groups (broad SMARTS) is 1. The van der Waals surface area contributed by atoms with E-state index in [0.29, 0.717) is 17.3 Å². The Morgan fingerprint density at radius 1 is 1.14 bits per heavy atom. The van der Waals surface area contributed by atoms with Gasteiger partial charge in [-0.05, 0) is 30.7 Å². The Bertz CT molecular complexity index is 792. The van der Waals surface area contributed by atoms with Crippen molar-refractivity contribution in [1.82, 2.24) is 15.1 Å². The van der Waals surface area contributed by atoms with Crippen molar-refractivity contribution >= 4 is 5.97 Å². The molecule has 1 aromatic carbocycles. The number of hydrogen-bond donors (Lipinski definition) is 1. The zero-order chi connectivity index (χ0) is 15.5. The van der Waals surface area contributed by atoms with Gasteiger partial charge in [-0.1, -0.05) is 24.2 Å². The van der Waals surface area contributed by atoms with E-state index in [1.165, 1.54) is 12.1 Å². The summed E-state index contributed by atoms with van der Waals surface area (Å²) in [5, 5.41) is 12.8. The van der Waals surface area contributed by atoms with Gasteiger partial charge in [0.05, 0.1) is 11.1 Å². The molecule has 1 N–H and O–H groups in total. The average molecular weight is 295 g/mol. The predicted molar refractivity (Wildman–Crippen MR) is 79.3 cm³/mol. The van der Waals surface area contributed by atoms with Gasteiger partial charge in [-0.2, -0.15) is 4.98 Å². The summed E-state index contributed by atoms with van der Waals surface area (Å²) in [6.07, 6.45) is 2.56. The highest BCUT2D eigenvalue weighted by atomic mass is 16.5. The van der Waals surface area contributed by atoms with E-state index >= 15 is 0 Å². The molecule has 0 spiro atoms. The molecule has 0 saturated heterocycles. The normalized spacial score (nSPS) is 10.6. The van der Waals surface area contributed by atoms with Crippen LogP contribution in [0.5, 0.6) is 0 Å². The smallest absolute Gasteiger partial charge is 0.335 e. The fourth-order valence-corrected chi connectivity index (χ4v) is 1.98. The monoisotopic (exact) mass is 295 g/mol. The highest BCUT2D eigenvalue weighted by molar-refractivity contribution is 5.88. The molecule has 0 aliphatic rings. The van der Waals surface area contributed by atoms with Crippen LogP contribution in [0.3, 0.4) is 0 Å². The lowest BCUT2D eigenvalue weighted by Gasteiger charge is -1.97. The molecule has 0 atom stereocenters. The van der Waals surface area contributed by atoms with E-state index in [-0.39, 0.29) is 5.56 Å². The number of hydrogen-bond acceptors (Lipinski definition) is 5. The number of aryl methyl sites for hydroxylation is 1. The Morgan fingerprint density at radius 2 is 1.86 bits per heavy atom. The van der Waals surface area contributed by atoms with Crippen LogP contribution in [-0.4, -0.2) is 26.2 Å². The van der Waals surface area contributed by atoms with Crippen LogP contribution in [0.2, 0.25) is 0 Å². The number of carboxylic acids is 1. The molecule has 0 radical (unpaired) electrons. The van der Waals surface area contributed by atoms with Crippen molar-refractivity contribution in [3.8, 4) is 22.8 Å². The van der Waals surface area contributed by atoms with Gasteiger partial charge in [-0.15, -0.1) is 0 Å². The van der Waals surface area contributed by atoms with Gasteiger partial charge in [0, 0.05) is 17.5 Å². The van der Waals surface area contributed by atoms with E-state index in [1.807, 2.05) is 19.1 Å². The van der Waals surface area contributed by atoms with Gasteiger partial charge in [-0.25, -0.2) is 4.79 Å². The molecule has 2 aromatic heterocycles. The van der Waals surface area contributed by atoms with Crippen molar-refractivity contribution in [2.24, 2.45) is 0 Å². The van der Waals surface area contributed by atoms with E-state index in [2.05, 4.69) is 15.1 Å². The molecule has 0 fully saturated rings. The zero-order valence-corrected chi connectivity index (χ0v) is 11.9. The van der Waals surface area contributed by atoms with Crippen LogP contribution >= 0.6 is 0 Å². The molecule has 0 saturated carbocycles. The second kappa shape index (κ2) is 5.77. The van der Waals surface area contributed by atoms with Crippen molar-refractivity contribution in [3.63, 3.8) is 0 Å². The minimum absolute atomic E-state index is 0.215. The van der Waals surface area contributed by atoms with Gasteiger partial charge in [0.2, 0.25) is 5.82 Å². The fraction of sp³-hybridized carbons (Fsp3) is 0.125. The molecular formula is C16H13N3O3. The Balaban J connectivity index is 1.87. The second-order valence-electron chi connectivity index (χ2n) is 4.70. The van der Waals surface area contributed by atoms with Crippen molar-refractivity contribution in [3.05, 3.63) is 53.9 Å². The van der Waals surface area contributed by atoms with Crippen molar-refractivity contribution < 1.29 is 14.4 Å². The van der Waals surface area contributed by atoms with E-state index < -0.39 is 5.97 Å². The molecular weight excluding hydrogens is 282 g/mol. The quantitative estimate of drug-likeness (QED) is 0.795. The van der Waals surface area contributed by atoms with Crippen LogP contribution in [0, 0.1) is 0 Å². The van der Waals surface area contributed by atoms with Gasteiger partial charge < -0.3 is 9.63 Å². The van der Waals surface area contributed by atoms with Gasteiger partial charge in [0.25, 0.3) is 5.89 Å². The highest BCUT2D eigenvalue weighted by Gasteiger charge is 2.11. The number of aromatic nitrogens is 3. The molecule has 0 amide bonds. The summed E-state index contributed by atoms with van der Waals surface area (Å²) in [7, 11) is 0. The number of aromatic carboxylic acids is 1. The fourth-order valence-electron chi connectivity index (χ4n) is 1.98. The molecule has 6 nitrogen and oxygen atoms in total. The Morgan fingerprint density at radius 3 is 2.45 bits per heavy atom. The molecule has 0 unspecified atom stereocenters. The highest BCUT2D eigenvalue weighted by Crippen LogP contribution is 2.22. The lowest BCUT2D eigenvalue weighted by Crippen LogP contribution is -1.95. The first-order valence-corrected chi connectivity index (χ1v) is 6.80. The standard InChI is InChI=1S/C16H13N3O3/c1-2-13-8-7-12(9-17-13)15-18-14(19-22-15)10-3-5-11(6-4-10)16(20)21/h3-9H,2H2,1H3,(H,20,21). The van der Waals surface area contributed by atoms with Gasteiger partial charge in [0.1, 0.15) is 0 Å². The van der Waals surface area contributed by atoms with E-state index in [0.717, 1.165) is 17.7 Å². The number of nitrogens with zero attached hydrogens (tertiary/aromatic N) is 3. The Kier molecular flexibility index (Phi) is 3.65. The van der Waals surface area contributed by atoms with Crippen LogP contribution in [0.25, 0.3) is 22.8 Å². The van der Waals surface area contributed by atoms with Gasteiger partial charge in [-0.3, -0.25) is 4.98 Å². The second-order valence-corrected chi connectivity index (χ2v) is 4.70. The Hall–Kier alpha value is -3.02. The first-order valence-electron chi connectivity index (χ1n) is 6.80. The maximum atomic E-state index is 10.8. The van der Waals surface area contributed by atoms with Crippen molar-refractivity contribution in [1.29, 1.82) is 0 Å². The minimum Gasteiger partial charge on any atom is -0.478 e. The molecule has 22 heavy (non-hydrogen) atoms. The number of rotatable bonds is 4. The number of pyridine rings is 1. The lowest BCUT2D eigenvalue weighted by molar-refractivity contribution is 0.0697. The first kappa shape index (κ1) is 13.9. The molecule has 0 aliphatic carbocycles. The molecule has 2 heterocycles. The number of carbonyl (C=O) groups is 1. The zero-order valence-electron chi connectivity index (χ0n) is 11.9. The maximum absolute atomic E-state index is 10.8. The van der Waals surface area contributed by atoms with E-state index in [1.54, 1.807) is 18.3 Å². The third-order valence-corrected chi connectivity index (χ3v) is 3.25. The summed E-state index contributed by atoms with van der Waals surface area (Å²) in [4.78, 5) is 19.4. The minimum atomic E-state index is -0.970. The molecule has 3 rings (SSSR count). The summed E-state index contributed by atoms with van der Waals surface area (Å²) < 4.78 is 5.24. The largest absolute Gasteiger partial charge is 0.478 e. The maximum Gasteiger partial charge on any atom is 0.335 e. The predicted octanol–water partition coefficient (Wildman–Crippen LogP) is 3.06. The van der Waals surface area contributed by atoms with Gasteiger partial charge in [0.15, 0.2) is 0 Å². The van der Waals surface area contributed by atoms with Gasteiger partial charge >= 0.3 is 5.97 Å². The molecule has 0 bridgehead atoms. The van der Waals surface area contributed by atoms with E-state index in [9.17, 15) is 4.79 Å². The molecule has 110 valence electrons. The van der Waals surface area contributed by atoms with E-state index in [4.69, 9.17) is 9.63 Å². The lowest BCUT2D eigenvalue weighted by atomic mass is 10.1. The molecule has 0 aliphatic heterocycles. The van der Waals surface area contributed by atoms with Crippen molar-refractivity contribution in [2.45, 2.75) is 13.3 Å². The number of benzene rings is 1. The molecule has 3 aromatic rings. The third-order valence-electron chi connectivity index (χ3n) is 3.25. The van der Waals surface area contributed by atoms with Crippen LogP contribution in [0.15, 0.2) is 47.1 Å². The summed E-state index contributed by atoms with van der Waals surface area (Å²) in [5.41, 5.74) is 2.65. The summed E-state index contributed by atoms with van der Waals surface area (Å²) in [5.74, 6) is -0.179. The average Bonchev–Trinajstić information content (AvgIpc) is 3.05. The van der Waals surface area contributed by atoms with Crippen LogP contribution < -0.4 is 0 Å². The van der Waals surface area contributed by atoms with Crippen LogP contribution in [-0.2, 0) is 6.42 Å². The summed E-state index contributed by atoms with van der Waals surface area (Å²) >= 11 is 0.